The Hall–Kier alpha value is -3.94. The minimum Gasteiger partial charge on any atom is -0.482 e. The Balaban J connectivity index is 1.29. The molecule has 5 rings (SSSR count). The summed E-state index contributed by atoms with van der Waals surface area (Å²) in [7, 11) is -0.285. The SMILES string of the molecule is O=C(COc1cccc([S+](c2ccccc2)c2ccccc2)c1)OC1(C#Cc2ccccc2)CCCC1. The van der Waals surface area contributed by atoms with Crippen molar-refractivity contribution in [3.8, 4) is 17.6 Å². The number of ether oxygens (including phenoxy) is 2. The van der Waals surface area contributed by atoms with Crippen molar-refractivity contribution in [2.24, 2.45) is 0 Å². The molecule has 1 aliphatic carbocycles. The van der Waals surface area contributed by atoms with Gasteiger partial charge < -0.3 is 9.47 Å². The third-order valence-corrected chi connectivity index (χ3v) is 8.50. The van der Waals surface area contributed by atoms with Crippen LogP contribution in [0.25, 0.3) is 0 Å². The van der Waals surface area contributed by atoms with Gasteiger partial charge in [-0.2, -0.15) is 0 Å². The smallest absolute Gasteiger partial charge is 0.345 e. The van der Waals surface area contributed by atoms with Crippen LogP contribution in [0.1, 0.15) is 31.2 Å². The largest absolute Gasteiger partial charge is 0.482 e. The zero-order valence-corrected chi connectivity index (χ0v) is 21.5. The van der Waals surface area contributed by atoms with Gasteiger partial charge in [0.05, 0.1) is 10.9 Å². The van der Waals surface area contributed by atoms with Gasteiger partial charge in [0.1, 0.15) is 5.75 Å². The molecule has 4 heteroatoms. The Bertz CT molecular complexity index is 1330. The van der Waals surface area contributed by atoms with Gasteiger partial charge in [0.2, 0.25) is 0 Å². The molecule has 0 aromatic heterocycles. The van der Waals surface area contributed by atoms with Crippen LogP contribution < -0.4 is 4.74 Å². The van der Waals surface area contributed by atoms with Gasteiger partial charge in [-0.3, -0.25) is 0 Å². The molecule has 1 saturated carbocycles. The monoisotopic (exact) mass is 505 g/mol. The van der Waals surface area contributed by atoms with Gasteiger partial charge in [0.15, 0.2) is 26.9 Å². The molecule has 0 bridgehead atoms. The van der Waals surface area contributed by atoms with E-state index in [0.717, 1.165) is 36.1 Å². The van der Waals surface area contributed by atoms with Crippen molar-refractivity contribution in [1.29, 1.82) is 0 Å². The summed E-state index contributed by atoms with van der Waals surface area (Å²) >= 11 is 0. The van der Waals surface area contributed by atoms with Crippen LogP contribution in [-0.2, 0) is 20.4 Å². The van der Waals surface area contributed by atoms with Gasteiger partial charge in [0, 0.05) is 11.6 Å². The second-order valence-electron chi connectivity index (χ2n) is 8.99. The fourth-order valence-electron chi connectivity index (χ4n) is 4.51. The van der Waals surface area contributed by atoms with Crippen LogP contribution in [0.3, 0.4) is 0 Å². The van der Waals surface area contributed by atoms with E-state index in [2.05, 4.69) is 66.4 Å². The van der Waals surface area contributed by atoms with Crippen LogP contribution in [-0.4, -0.2) is 18.2 Å². The van der Waals surface area contributed by atoms with E-state index in [1.807, 2.05) is 60.7 Å². The molecule has 0 spiro atoms. The highest BCUT2D eigenvalue weighted by molar-refractivity contribution is 7.97. The van der Waals surface area contributed by atoms with E-state index < -0.39 is 5.60 Å². The topological polar surface area (TPSA) is 35.5 Å². The van der Waals surface area contributed by atoms with E-state index >= 15 is 0 Å². The highest BCUT2D eigenvalue weighted by Crippen LogP contribution is 2.34. The summed E-state index contributed by atoms with van der Waals surface area (Å²) in [6, 6.07) is 38.7. The van der Waals surface area contributed by atoms with Crippen molar-refractivity contribution in [3.63, 3.8) is 0 Å². The Morgan fingerprint density at radius 1 is 0.730 bits per heavy atom. The number of benzene rings is 4. The van der Waals surface area contributed by atoms with Crippen LogP contribution in [0.4, 0.5) is 0 Å². The zero-order valence-electron chi connectivity index (χ0n) is 20.6. The Kier molecular flexibility index (Phi) is 7.93. The summed E-state index contributed by atoms with van der Waals surface area (Å²) in [4.78, 5) is 16.4. The maximum absolute atomic E-state index is 12.8. The Labute approximate surface area is 221 Å². The van der Waals surface area contributed by atoms with Crippen molar-refractivity contribution in [3.05, 3.63) is 121 Å². The van der Waals surface area contributed by atoms with E-state index in [9.17, 15) is 4.79 Å². The average Bonchev–Trinajstić information content (AvgIpc) is 3.41. The second kappa shape index (κ2) is 11.9. The predicted molar refractivity (Wildman–Crippen MR) is 148 cm³/mol. The maximum atomic E-state index is 12.8. The van der Waals surface area contributed by atoms with E-state index in [4.69, 9.17) is 9.47 Å². The summed E-state index contributed by atoms with van der Waals surface area (Å²) < 4.78 is 11.9. The molecule has 0 N–H and O–H groups in total. The number of hydrogen-bond donors (Lipinski definition) is 0. The van der Waals surface area contributed by atoms with Crippen LogP contribution in [0.15, 0.2) is 130 Å². The molecule has 0 unspecified atom stereocenters. The first-order chi connectivity index (χ1) is 18.2. The van der Waals surface area contributed by atoms with E-state index in [0.29, 0.717) is 5.75 Å². The van der Waals surface area contributed by atoms with Gasteiger partial charge in [-0.05, 0) is 80.1 Å². The van der Waals surface area contributed by atoms with Crippen LogP contribution in [0.5, 0.6) is 5.75 Å². The lowest BCUT2D eigenvalue weighted by Crippen LogP contribution is -2.32. The number of carbonyl (C=O) groups excluding carboxylic acids is 1. The van der Waals surface area contributed by atoms with Gasteiger partial charge in [-0.25, -0.2) is 4.79 Å². The van der Waals surface area contributed by atoms with Crippen LogP contribution >= 0.6 is 0 Å². The highest BCUT2D eigenvalue weighted by Gasteiger charge is 2.36. The van der Waals surface area contributed by atoms with E-state index in [1.165, 1.54) is 9.79 Å². The normalized spacial score (nSPS) is 14.0. The first kappa shape index (κ1) is 24.7. The van der Waals surface area contributed by atoms with E-state index in [-0.39, 0.29) is 23.5 Å². The number of hydrogen-bond acceptors (Lipinski definition) is 3. The first-order valence-corrected chi connectivity index (χ1v) is 13.8. The minimum atomic E-state index is -0.731. The summed E-state index contributed by atoms with van der Waals surface area (Å²) in [6.07, 6.45) is 3.51. The molecule has 184 valence electrons. The molecular formula is C33H29O3S+. The molecule has 0 amide bonds. The Morgan fingerprint density at radius 3 is 1.92 bits per heavy atom. The fraction of sp³-hybridized carbons (Fsp3) is 0.182. The predicted octanol–water partition coefficient (Wildman–Crippen LogP) is 7.07. The highest BCUT2D eigenvalue weighted by atomic mass is 32.2. The van der Waals surface area contributed by atoms with Crippen LogP contribution in [0.2, 0.25) is 0 Å². The molecule has 1 fully saturated rings. The second-order valence-corrected chi connectivity index (χ2v) is 11.0. The third kappa shape index (κ3) is 6.44. The maximum Gasteiger partial charge on any atom is 0.345 e. The average molecular weight is 506 g/mol. The van der Waals surface area contributed by atoms with Crippen molar-refractivity contribution in [2.45, 2.75) is 46.0 Å². The molecule has 3 nitrogen and oxygen atoms in total. The van der Waals surface area contributed by atoms with Gasteiger partial charge in [-0.1, -0.05) is 66.6 Å². The molecule has 1 aliphatic rings. The lowest BCUT2D eigenvalue weighted by molar-refractivity contribution is -0.156. The zero-order chi connectivity index (χ0) is 25.3. The molecule has 0 heterocycles. The lowest BCUT2D eigenvalue weighted by Gasteiger charge is -2.23. The standard InChI is InChI=1S/C33H29O3S/c34-32(36-33(22-10-11-23-33)24-21-27-13-4-1-5-14-27)26-35-28-15-12-20-31(25-28)37(29-16-6-2-7-17-29)30-18-8-3-9-19-30/h1-9,12-20,25H,10-11,22-23,26H2/q+1. The lowest BCUT2D eigenvalue weighted by atomic mass is 10.0. The van der Waals surface area contributed by atoms with Crippen molar-refractivity contribution < 1.29 is 14.3 Å². The third-order valence-electron chi connectivity index (χ3n) is 6.28. The molecular weight excluding hydrogens is 476 g/mol. The Morgan fingerprint density at radius 2 is 1.30 bits per heavy atom. The molecule has 0 radical (unpaired) electrons. The summed E-state index contributed by atoms with van der Waals surface area (Å²) in [6.45, 7) is -0.150. The van der Waals surface area contributed by atoms with Crippen molar-refractivity contribution in [1.82, 2.24) is 0 Å². The molecule has 0 saturated heterocycles. The quantitative estimate of drug-likeness (QED) is 0.153. The molecule has 0 atom stereocenters. The number of carbonyl (C=O) groups is 1. The molecule has 4 aromatic rings. The summed E-state index contributed by atoms with van der Waals surface area (Å²) in [5.74, 6) is 6.70. The van der Waals surface area contributed by atoms with Crippen molar-refractivity contribution in [2.75, 3.05) is 6.61 Å². The number of esters is 1. The molecule has 4 aromatic carbocycles. The van der Waals surface area contributed by atoms with Gasteiger partial charge >= 0.3 is 5.97 Å². The fourth-order valence-corrected chi connectivity index (χ4v) is 6.63. The molecule has 37 heavy (non-hydrogen) atoms. The molecule has 0 aliphatic heterocycles. The first-order valence-electron chi connectivity index (χ1n) is 12.6. The van der Waals surface area contributed by atoms with E-state index in [1.54, 1.807) is 0 Å². The van der Waals surface area contributed by atoms with Gasteiger partial charge in [-0.15, -0.1) is 0 Å². The summed E-state index contributed by atoms with van der Waals surface area (Å²) in [5, 5.41) is 0. The van der Waals surface area contributed by atoms with Gasteiger partial charge in [0.25, 0.3) is 0 Å². The minimum absolute atomic E-state index is 0.150. The number of rotatable bonds is 7. The van der Waals surface area contributed by atoms with Crippen LogP contribution in [0, 0.1) is 11.8 Å². The summed E-state index contributed by atoms with van der Waals surface area (Å²) in [5.41, 5.74) is 0.190. The van der Waals surface area contributed by atoms with Crippen molar-refractivity contribution >= 4 is 16.9 Å².